The van der Waals surface area contributed by atoms with Crippen molar-refractivity contribution in [3.05, 3.63) is 90.1 Å². The standard InChI is InChI=1S/C20H16N2O2/c1-15(23)24-18-12-13-21-19(14-18)22-20(16-8-4-2-5-9-16)17-10-6-3-7-11-17/h2-14H,1H3. The lowest BCUT2D eigenvalue weighted by atomic mass is 10.0. The first-order valence-corrected chi connectivity index (χ1v) is 7.56. The number of carbonyl (C=O) groups is 1. The van der Waals surface area contributed by atoms with E-state index in [-0.39, 0.29) is 5.97 Å². The van der Waals surface area contributed by atoms with Crippen molar-refractivity contribution in [1.29, 1.82) is 0 Å². The van der Waals surface area contributed by atoms with Crippen LogP contribution in [0, 0.1) is 0 Å². The van der Waals surface area contributed by atoms with E-state index < -0.39 is 0 Å². The molecule has 0 fully saturated rings. The van der Waals surface area contributed by atoms with Gasteiger partial charge in [-0.15, -0.1) is 0 Å². The van der Waals surface area contributed by atoms with Gasteiger partial charge in [0.1, 0.15) is 5.75 Å². The Balaban J connectivity index is 2.06. The van der Waals surface area contributed by atoms with E-state index in [9.17, 15) is 4.79 Å². The van der Waals surface area contributed by atoms with Crippen LogP contribution < -0.4 is 4.74 Å². The third-order valence-corrected chi connectivity index (χ3v) is 3.30. The second-order valence-electron chi connectivity index (χ2n) is 5.14. The number of pyridine rings is 1. The highest BCUT2D eigenvalue weighted by Crippen LogP contribution is 2.20. The molecule has 0 saturated heterocycles. The van der Waals surface area contributed by atoms with Crippen LogP contribution in [0.2, 0.25) is 0 Å². The fraction of sp³-hybridized carbons (Fsp3) is 0.0500. The number of carbonyl (C=O) groups excluding carboxylic acids is 1. The SMILES string of the molecule is CC(=O)Oc1ccnc(N=C(c2ccccc2)c2ccccc2)c1. The van der Waals surface area contributed by atoms with Gasteiger partial charge < -0.3 is 4.74 Å². The van der Waals surface area contributed by atoms with E-state index in [1.165, 1.54) is 6.92 Å². The van der Waals surface area contributed by atoms with Crippen LogP contribution in [0.5, 0.6) is 5.75 Å². The number of nitrogens with zero attached hydrogens (tertiary/aromatic N) is 2. The predicted molar refractivity (Wildman–Crippen MR) is 93.7 cm³/mol. The average Bonchev–Trinajstić information content (AvgIpc) is 2.61. The summed E-state index contributed by atoms with van der Waals surface area (Å²) in [5, 5.41) is 0. The van der Waals surface area contributed by atoms with E-state index >= 15 is 0 Å². The first kappa shape index (κ1) is 15.6. The number of hydrogen-bond acceptors (Lipinski definition) is 4. The molecule has 0 amide bonds. The molecule has 1 aromatic heterocycles. The van der Waals surface area contributed by atoms with Crippen LogP contribution in [0.25, 0.3) is 0 Å². The van der Waals surface area contributed by atoms with Crippen LogP contribution in [0.15, 0.2) is 84.0 Å². The Morgan fingerprint density at radius 2 is 1.50 bits per heavy atom. The summed E-state index contributed by atoms with van der Waals surface area (Å²) in [4.78, 5) is 20.1. The summed E-state index contributed by atoms with van der Waals surface area (Å²) in [6.45, 7) is 1.36. The van der Waals surface area contributed by atoms with E-state index in [0.29, 0.717) is 11.6 Å². The van der Waals surface area contributed by atoms with Crippen molar-refractivity contribution in [2.45, 2.75) is 6.92 Å². The summed E-state index contributed by atoms with van der Waals surface area (Å²) < 4.78 is 5.10. The van der Waals surface area contributed by atoms with Crippen molar-refractivity contribution in [1.82, 2.24) is 4.98 Å². The van der Waals surface area contributed by atoms with E-state index in [1.807, 2.05) is 60.7 Å². The molecule has 0 N–H and O–H groups in total. The van der Waals surface area contributed by atoms with E-state index in [2.05, 4.69) is 9.98 Å². The van der Waals surface area contributed by atoms with Crippen molar-refractivity contribution in [2.24, 2.45) is 4.99 Å². The second-order valence-corrected chi connectivity index (χ2v) is 5.14. The molecule has 0 aliphatic rings. The van der Waals surface area contributed by atoms with Crippen LogP contribution in [0.4, 0.5) is 5.82 Å². The summed E-state index contributed by atoms with van der Waals surface area (Å²) in [6.07, 6.45) is 1.57. The Morgan fingerprint density at radius 1 is 0.917 bits per heavy atom. The summed E-state index contributed by atoms with van der Waals surface area (Å²) >= 11 is 0. The van der Waals surface area contributed by atoms with Crippen molar-refractivity contribution in [2.75, 3.05) is 0 Å². The van der Waals surface area contributed by atoms with E-state index in [0.717, 1.165) is 16.8 Å². The minimum absolute atomic E-state index is 0.373. The predicted octanol–water partition coefficient (Wildman–Crippen LogP) is 4.18. The molecule has 3 rings (SSSR count). The van der Waals surface area contributed by atoms with Gasteiger partial charge in [0.05, 0.1) is 5.71 Å². The minimum Gasteiger partial charge on any atom is -0.427 e. The molecular formula is C20H16N2O2. The lowest BCUT2D eigenvalue weighted by Crippen LogP contribution is -2.03. The van der Waals surface area contributed by atoms with Gasteiger partial charge in [-0.2, -0.15) is 0 Å². The number of benzene rings is 2. The Morgan fingerprint density at radius 3 is 2.04 bits per heavy atom. The zero-order chi connectivity index (χ0) is 16.8. The van der Waals surface area contributed by atoms with Gasteiger partial charge in [0, 0.05) is 30.3 Å². The zero-order valence-corrected chi connectivity index (χ0v) is 13.2. The topological polar surface area (TPSA) is 51.5 Å². The Bertz CT molecular complexity index is 818. The van der Waals surface area contributed by atoms with Crippen LogP contribution in [-0.2, 0) is 4.79 Å². The normalized spacial score (nSPS) is 10.0. The molecule has 0 saturated carbocycles. The molecule has 4 heteroatoms. The number of aliphatic imine (C=N–C) groups is 1. The fourth-order valence-electron chi connectivity index (χ4n) is 2.29. The molecular weight excluding hydrogens is 300 g/mol. The maximum absolute atomic E-state index is 11.1. The molecule has 118 valence electrons. The van der Waals surface area contributed by atoms with Gasteiger partial charge in [0.2, 0.25) is 0 Å². The van der Waals surface area contributed by atoms with E-state index in [1.54, 1.807) is 18.3 Å². The monoisotopic (exact) mass is 316 g/mol. The van der Waals surface area contributed by atoms with Gasteiger partial charge in [0.25, 0.3) is 0 Å². The molecule has 0 aliphatic carbocycles. The molecule has 4 nitrogen and oxygen atoms in total. The highest BCUT2D eigenvalue weighted by Gasteiger charge is 2.08. The average molecular weight is 316 g/mol. The molecule has 0 spiro atoms. The quantitative estimate of drug-likeness (QED) is 0.536. The van der Waals surface area contributed by atoms with Crippen LogP contribution in [0.3, 0.4) is 0 Å². The number of ether oxygens (including phenoxy) is 1. The first-order chi connectivity index (χ1) is 11.7. The molecule has 3 aromatic rings. The lowest BCUT2D eigenvalue weighted by molar-refractivity contribution is -0.131. The molecule has 24 heavy (non-hydrogen) atoms. The summed E-state index contributed by atoms with van der Waals surface area (Å²) in [5.74, 6) is 0.538. The van der Waals surface area contributed by atoms with Gasteiger partial charge in [-0.25, -0.2) is 9.98 Å². The largest absolute Gasteiger partial charge is 0.427 e. The van der Waals surface area contributed by atoms with Crippen LogP contribution in [0.1, 0.15) is 18.1 Å². The highest BCUT2D eigenvalue weighted by atomic mass is 16.5. The molecule has 2 aromatic carbocycles. The van der Waals surface area contributed by atoms with E-state index in [4.69, 9.17) is 4.74 Å². The van der Waals surface area contributed by atoms with Gasteiger partial charge >= 0.3 is 5.97 Å². The summed E-state index contributed by atoms with van der Waals surface area (Å²) in [7, 11) is 0. The molecule has 0 bridgehead atoms. The summed E-state index contributed by atoms with van der Waals surface area (Å²) in [6, 6.07) is 23.1. The Kier molecular flexibility index (Phi) is 4.77. The number of rotatable bonds is 4. The maximum Gasteiger partial charge on any atom is 0.308 e. The highest BCUT2D eigenvalue weighted by molar-refractivity contribution is 6.13. The maximum atomic E-state index is 11.1. The van der Waals surface area contributed by atoms with Crippen molar-refractivity contribution in [3.63, 3.8) is 0 Å². The van der Waals surface area contributed by atoms with Gasteiger partial charge in [-0.1, -0.05) is 60.7 Å². The van der Waals surface area contributed by atoms with Crippen LogP contribution >= 0.6 is 0 Å². The third-order valence-electron chi connectivity index (χ3n) is 3.30. The zero-order valence-electron chi connectivity index (χ0n) is 13.2. The number of esters is 1. The van der Waals surface area contributed by atoms with Gasteiger partial charge in [-0.05, 0) is 6.07 Å². The molecule has 0 atom stereocenters. The molecule has 1 heterocycles. The lowest BCUT2D eigenvalue weighted by Gasteiger charge is -2.08. The summed E-state index contributed by atoms with van der Waals surface area (Å²) in [5.41, 5.74) is 2.79. The fourth-order valence-corrected chi connectivity index (χ4v) is 2.29. The Hall–Kier alpha value is -3.27. The van der Waals surface area contributed by atoms with Crippen LogP contribution in [-0.4, -0.2) is 16.7 Å². The van der Waals surface area contributed by atoms with Crippen molar-refractivity contribution >= 4 is 17.5 Å². The molecule has 0 aliphatic heterocycles. The third kappa shape index (κ3) is 3.93. The Labute approximate surface area is 140 Å². The van der Waals surface area contributed by atoms with Crippen molar-refractivity contribution in [3.8, 4) is 5.75 Å². The molecule has 0 radical (unpaired) electrons. The molecule has 0 unspecified atom stereocenters. The number of aromatic nitrogens is 1. The first-order valence-electron chi connectivity index (χ1n) is 7.56. The number of hydrogen-bond donors (Lipinski definition) is 0. The van der Waals surface area contributed by atoms with Gasteiger partial charge in [-0.3, -0.25) is 4.79 Å². The smallest absolute Gasteiger partial charge is 0.308 e. The van der Waals surface area contributed by atoms with Gasteiger partial charge in [0.15, 0.2) is 5.82 Å². The minimum atomic E-state index is -0.373. The van der Waals surface area contributed by atoms with Crippen molar-refractivity contribution < 1.29 is 9.53 Å². The second kappa shape index (κ2) is 7.33.